The predicted molar refractivity (Wildman–Crippen MR) is 108 cm³/mol. The molecule has 0 aliphatic carbocycles. The molecule has 3 amide bonds. The smallest absolute Gasteiger partial charge is 0.271 e. The summed E-state index contributed by atoms with van der Waals surface area (Å²) in [6, 6.07) is 16.5. The SMILES string of the molecule is CCc1ccc(NC(=O)CN2N=C(C(=O)Nc3ccccc3)CCC2=O)cc1. The molecule has 2 aromatic carbocycles. The first kappa shape index (κ1) is 19.3. The van der Waals surface area contributed by atoms with E-state index in [1.54, 1.807) is 12.1 Å². The number of carbonyl (C=O) groups is 3. The average Bonchev–Trinajstić information content (AvgIpc) is 2.71. The van der Waals surface area contributed by atoms with Crippen molar-refractivity contribution < 1.29 is 14.4 Å². The number of hydrazone groups is 1. The number of para-hydroxylation sites is 1. The maximum Gasteiger partial charge on any atom is 0.271 e. The van der Waals surface area contributed by atoms with E-state index >= 15 is 0 Å². The number of anilines is 2. The highest BCUT2D eigenvalue weighted by molar-refractivity contribution is 6.43. The van der Waals surface area contributed by atoms with Crippen LogP contribution in [0.15, 0.2) is 59.7 Å². The molecule has 0 aromatic heterocycles. The van der Waals surface area contributed by atoms with Crippen LogP contribution in [0, 0.1) is 0 Å². The fraction of sp³-hybridized carbons (Fsp3) is 0.238. The highest BCUT2D eigenvalue weighted by Crippen LogP contribution is 2.13. The van der Waals surface area contributed by atoms with Crippen LogP contribution in [0.1, 0.15) is 25.3 Å². The Morgan fingerprint density at radius 3 is 2.32 bits per heavy atom. The number of carbonyl (C=O) groups excluding carboxylic acids is 3. The van der Waals surface area contributed by atoms with Crippen LogP contribution in [0.4, 0.5) is 11.4 Å². The third kappa shape index (κ3) is 5.03. The summed E-state index contributed by atoms with van der Waals surface area (Å²) in [6.45, 7) is 1.82. The summed E-state index contributed by atoms with van der Waals surface area (Å²) < 4.78 is 0. The molecule has 2 N–H and O–H groups in total. The van der Waals surface area contributed by atoms with Crippen LogP contribution in [0.3, 0.4) is 0 Å². The Labute approximate surface area is 163 Å². The van der Waals surface area contributed by atoms with Gasteiger partial charge < -0.3 is 10.6 Å². The van der Waals surface area contributed by atoms with Gasteiger partial charge in [0.25, 0.3) is 5.91 Å². The molecule has 1 heterocycles. The van der Waals surface area contributed by atoms with Crippen LogP contribution < -0.4 is 10.6 Å². The number of rotatable bonds is 6. The van der Waals surface area contributed by atoms with E-state index in [2.05, 4.69) is 22.7 Å². The van der Waals surface area contributed by atoms with Crippen molar-refractivity contribution in [2.24, 2.45) is 5.10 Å². The second kappa shape index (κ2) is 8.94. The van der Waals surface area contributed by atoms with Gasteiger partial charge in [-0.1, -0.05) is 37.3 Å². The molecule has 0 saturated heterocycles. The molecule has 28 heavy (non-hydrogen) atoms. The lowest BCUT2D eigenvalue weighted by Gasteiger charge is -2.22. The summed E-state index contributed by atoms with van der Waals surface area (Å²) in [6.07, 6.45) is 1.30. The second-order valence-electron chi connectivity index (χ2n) is 6.42. The van der Waals surface area contributed by atoms with Gasteiger partial charge in [0.15, 0.2) is 0 Å². The molecule has 1 aliphatic rings. The van der Waals surface area contributed by atoms with E-state index in [4.69, 9.17) is 0 Å². The van der Waals surface area contributed by atoms with Crippen molar-refractivity contribution in [1.82, 2.24) is 5.01 Å². The minimum absolute atomic E-state index is 0.138. The Morgan fingerprint density at radius 2 is 1.64 bits per heavy atom. The minimum Gasteiger partial charge on any atom is -0.324 e. The summed E-state index contributed by atoms with van der Waals surface area (Å²) >= 11 is 0. The molecule has 0 spiro atoms. The lowest BCUT2D eigenvalue weighted by Crippen LogP contribution is -2.40. The zero-order chi connectivity index (χ0) is 19.9. The summed E-state index contributed by atoms with van der Waals surface area (Å²) in [5, 5.41) is 10.6. The van der Waals surface area contributed by atoms with Crippen LogP contribution in [0.5, 0.6) is 0 Å². The predicted octanol–water partition coefficient (Wildman–Crippen LogP) is 2.80. The van der Waals surface area contributed by atoms with E-state index in [0.29, 0.717) is 11.4 Å². The van der Waals surface area contributed by atoms with Crippen molar-refractivity contribution in [1.29, 1.82) is 0 Å². The van der Waals surface area contributed by atoms with E-state index in [1.165, 1.54) is 5.56 Å². The standard InChI is InChI=1S/C21H22N4O3/c1-2-15-8-10-17(11-9-15)22-19(26)14-25-20(27)13-12-18(24-25)21(28)23-16-6-4-3-5-7-16/h3-11H,2,12-14H2,1H3,(H,22,26)(H,23,28). The van der Waals surface area contributed by atoms with Crippen molar-refractivity contribution in [2.45, 2.75) is 26.2 Å². The van der Waals surface area contributed by atoms with Gasteiger partial charge in [0.1, 0.15) is 12.3 Å². The van der Waals surface area contributed by atoms with Gasteiger partial charge in [-0.3, -0.25) is 14.4 Å². The van der Waals surface area contributed by atoms with Gasteiger partial charge in [0.05, 0.1) is 0 Å². The topological polar surface area (TPSA) is 90.9 Å². The Bertz CT molecular complexity index is 892. The number of hydrogen-bond donors (Lipinski definition) is 2. The van der Waals surface area contributed by atoms with Gasteiger partial charge in [-0.05, 0) is 36.2 Å². The minimum atomic E-state index is -0.376. The van der Waals surface area contributed by atoms with E-state index in [1.807, 2.05) is 42.5 Å². The lowest BCUT2D eigenvalue weighted by atomic mass is 10.1. The Balaban J connectivity index is 1.62. The zero-order valence-electron chi connectivity index (χ0n) is 15.6. The quantitative estimate of drug-likeness (QED) is 0.810. The number of amides is 3. The van der Waals surface area contributed by atoms with Gasteiger partial charge in [0, 0.05) is 24.2 Å². The number of benzene rings is 2. The molecule has 144 valence electrons. The van der Waals surface area contributed by atoms with Crippen molar-refractivity contribution in [3.8, 4) is 0 Å². The number of nitrogens with one attached hydrogen (secondary N) is 2. The first-order valence-corrected chi connectivity index (χ1v) is 9.18. The molecule has 0 bridgehead atoms. The first-order chi connectivity index (χ1) is 13.5. The highest BCUT2D eigenvalue weighted by atomic mass is 16.2. The summed E-state index contributed by atoms with van der Waals surface area (Å²) in [5.41, 5.74) is 2.69. The van der Waals surface area contributed by atoms with E-state index in [9.17, 15) is 14.4 Å². The molecule has 7 heteroatoms. The molecule has 0 unspecified atom stereocenters. The molecule has 0 saturated carbocycles. The molecule has 0 atom stereocenters. The van der Waals surface area contributed by atoms with E-state index < -0.39 is 0 Å². The molecule has 0 fully saturated rings. The maximum absolute atomic E-state index is 12.4. The molecular weight excluding hydrogens is 356 g/mol. The van der Waals surface area contributed by atoms with Crippen LogP contribution in [-0.2, 0) is 20.8 Å². The largest absolute Gasteiger partial charge is 0.324 e. The number of hydrogen-bond acceptors (Lipinski definition) is 4. The molecule has 3 rings (SSSR count). The fourth-order valence-electron chi connectivity index (χ4n) is 2.77. The van der Waals surface area contributed by atoms with Crippen molar-refractivity contribution in [2.75, 3.05) is 17.2 Å². The zero-order valence-corrected chi connectivity index (χ0v) is 15.6. The van der Waals surface area contributed by atoms with Crippen molar-refractivity contribution in [3.05, 3.63) is 60.2 Å². The van der Waals surface area contributed by atoms with Crippen LogP contribution in [-0.4, -0.2) is 35.0 Å². The Kier molecular flexibility index (Phi) is 6.16. The van der Waals surface area contributed by atoms with Gasteiger partial charge in [0.2, 0.25) is 11.8 Å². The molecular formula is C21H22N4O3. The third-order valence-corrected chi connectivity index (χ3v) is 4.34. The van der Waals surface area contributed by atoms with Gasteiger partial charge in [-0.15, -0.1) is 0 Å². The fourth-order valence-corrected chi connectivity index (χ4v) is 2.77. The van der Waals surface area contributed by atoms with Gasteiger partial charge >= 0.3 is 0 Å². The van der Waals surface area contributed by atoms with Gasteiger partial charge in [-0.2, -0.15) is 5.10 Å². The third-order valence-electron chi connectivity index (χ3n) is 4.34. The highest BCUT2D eigenvalue weighted by Gasteiger charge is 2.26. The maximum atomic E-state index is 12.4. The first-order valence-electron chi connectivity index (χ1n) is 9.18. The second-order valence-corrected chi connectivity index (χ2v) is 6.42. The van der Waals surface area contributed by atoms with Crippen LogP contribution in [0.2, 0.25) is 0 Å². The van der Waals surface area contributed by atoms with E-state index in [0.717, 1.165) is 11.4 Å². The summed E-state index contributed by atoms with van der Waals surface area (Å²) in [5.74, 6) is -1.03. The van der Waals surface area contributed by atoms with Gasteiger partial charge in [-0.25, -0.2) is 5.01 Å². The Morgan fingerprint density at radius 1 is 0.964 bits per heavy atom. The summed E-state index contributed by atoms with van der Waals surface area (Å²) in [7, 11) is 0. The Hall–Kier alpha value is -3.48. The average molecular weight is 378 g/mol. The molecule has 7 nitrogen and oxygen atoms in total. The number of aryl methyl sites for hydroxylation is 1. The van der Waals surface area contributed by atoms with Crippen molar-refractivity contribution in [3.63, 3.8) is 0 Å². The normalized spacial score (nSPS) is 13.7. The summed E-state index contributed by atoms with van der Waals surface area (Å²) in [4.78, 5) is 36.7. The van der Waals surface area contributed by atoms with Crippen molar-refractivity contribution >= 4 is 34.8 Å². The van der Waals surface area contributed by atoms with E-state index in [-0.39, 0.29) is 42.8 Å². The monoisotopic (exact) mass is 378 g/mol. The molecule has 1 aliphatic heterocycles. The lowest BCUT2D eigenvalue weighted by molar-refractivity contribution is -0.135. The molecule has 2 aromatic rings. The number of nitrogens with zero attached hydrogens (tertiary/aromatic N) is 2. The van der Waals surface area contributed by atoms with Crippen LogP contribution >= 0.6 is 0 Å². The molecule has 0 radical (unpaired) electrons. The van der Waals surface area contributed by atoms with Crippen LogP contribution in [0.25, 0.3) is 0 Å².